The topological polar surface area (TPSA) is 58.2 Å². The van der Waals surface area contributed by atoms with Gasteiger partial charge in [0.1, 0.15) is 0 Å². The Kier molecular flexibility index (Phi) is 5.04. The van der Waals surface area contributed by atoms with Crippen molar-refractivity contribution in [1.29, 1.82) is 0 Å². The van der Waals surface area contributed by atoms with Gasteiger partial charge in [0.15, 0.2) is 0 Å². The summed E-state index contributed by atoms with van der Waals surface area (Å²) in [5, 5.41) is 3.22. The second kappa shape index (κ2) is 6.58. The Morgan fingerprint density at radius 3 is 2.40 bits per heavy atom. The van der Waals surface area contributed by atoms with Gasteiger partial charge in [-0.2, -0.15) is 0 Å². The number of thiophene rings is 1. The smallest absolute Gasteiger partial charge is 0.240 e. The Balaban J connectivity index is 2.01. The Hall–Kier alpha value is -1.08. The normalized spacial score (nSPS) is 11.5. The fraction of sp³-hybridized carbons (Fsp3) is 0.231. The SMILES string of the molecule is CCNS(=O)(=O)c1ccc(NCc2ccc(Cl)s2)cc1. The minimum absolute atomic E-state index is 0.268. The number of anilines is 1. The highest BCUT2D eigenvalue weighted by Crippen LogP contribution is 2.22. The fourth-order valence-corrected chi connectivity index (χ4v) is 3.73. The molecule has 0 atom stereocenters. The van der Waals surface area contributed by atoms with E-state index in [1.54, 1.807) is 31.2 Å². The zero-order valence-corrected chi connectivity index (χ0v) is 13.3. The molecular weight excluding hydrogens is 316 g/mol. The summed E-state index contributed by atoms with van der Waals surface area (Å²) in [4.78, 5) is 1.39. The molecule has 0 unspecified atom stereocenters. The van der Waals surface area contributed by atoms with E-state index in [4.69, 9.17) is 11.6 Å². The lowest BCUT2D eigenvalue weighted by Gasteiger charge is -2.07. The lowest BCUT2D eigenvalue weighted by atomic mass is 10.3. The highest BCUT2D eigenvalue weighted by Gasteiger charge is 2.11. The van der Waals surface area contributed by atoms with Crippen LogP contribution in [-0.2, 0) is 16.6 Å². The number of sulfonamides is 1. The molecule has 1 heterocycles. The van der Waals surface area contributed by atoms with Crippen molar-refractivity contribution in [2.24, 2.45) is 0 Å². The summed E-state index contributed by atoms with van der Waals surface area (Å²) in [5.74, 6) is 0. The molecule has 0 bridgehead atoms. The second-order valence-corrected chi connectivity index (χ2v) is 7.65. The van der Waals surface area contributed by atoms with E-state index < -0.39 is 10.0 Å². The van der Waals surface area contributed by atoms with Crippen LogP contribution in [0.15, 0.2) is 41.3 Å². The molecule has 108 valence electrons. The molecule has 0 saturated carbocycles. The number of nitrogens with one attached hydrogen (secondary N) is 2. The molecule has 0 aliphatic rings. The number of benzene rings is 1. The van der Waals surface area contributed by atoms with Gasteiger partial charge in [0.2, 0.25) is 10.0 Å². The van der Waals surface area contributed by atoms with Gasteiger partial charge in [-0.1, -0.05) is 18.5 Å². The summed E-state index contributed by atoms with van der Waals surface area (Å²) in [7, 11) is -3.38. The van der Waals surface area contributed by atoms with Crippen LogP contribution in [-0.4, -0.2) is 15.0 Å². The number of rotatable bonds is 6. The number of halogens is 1. The van der Waals surface area contributed by atoms with E-state index >= 15 is 0 Å². The maximum absolute atomic E-state index is 11.8. The van der Waals surface area contributed by atoms with Crippen molar-refractivity contribution < 1.29 is 8.42 Å². The van der Waals surface area contributed by atoms with Gasteiger partial charge < -0.3 is 5.32 Å². The summed E-state index contributed by atoms with van der Waals surface area (Å²) in [6.07, 6.45) is 0. The molecule has 2 N–H and O–H groups in total. The summed E-state index contributed by atoms with van der Waals surface area (Å²) in [6.45, 7) is 2.79. The minimum atomic E-state index is -3.38. The lowest BCUT2D eigenvalue weighted by molar-refractivity contribution is 0.584. The first-order valence-corrected chi connectivity index (χ1v) is 8.77. The molecular formula is C13H15ClN2O2S2. The molecule has 0 saturated heterocycles. The molecule has 7 heteroatoms. The first-order chi connectivity index (χ1) is 9.51. The molecule has 4 nitrogen and oxygen atoms in total. The van der Waals surface area contributed by atoms with Crippen LogP contribution in [0.25, 0.3) is 0 Å². The average Bonchev–Trinajstić information content (AvgIpc) is 2.83. The molecule has 1 aromatic carbocycles. The van der Waals surface area contributed by atoms with E-state index in [-0.39, 0.29) is 4.90 Å². The summed E-state index contributed by atoms with van der Waals surface area (Å²) >= 11 is 7.38. The predicted octanol–water partition coefficient (Wildman–Crippen LogP) is 3.31. The first kappa shape index (κ1) is 15.3. The van der Waals surface area contributed by atoms with Gasteiger partial charge in [-0.05, 0) is 36.4 Å². The molecule has 0 radical (unpaired) electrons. The maximum Gasteiger partial charge on any atom is 0.240 e. The van der Waals surface area contributed by atoms with E-state index in [1.807, 2.05) is 12.1 Å². The van der Waals surface area contributed by atoms with Gasteiger partial charge in [0, 0.05) is 23.7 Å². The molecule has 20 heavy (non-hydrogen) atoms. The monoisotopic (exact) mass is 330 g/mol. The van der Waals surface area contributed by atoms with Crippen molar-refractivity contribution in [1.82, 2.24) is 4.72 Å². The molecule has 0 fully saturated rings. The van der Waals surface area contributed by atoms with Crippen molar-refractivity contribution >= 4 is 38.6 Å². The third kappa shape index (κ3) is 3.96. The van der Waals surface area contributed by atoms with E-state index in [0.29, 0.717) is 13.1 Å². The summed E-state index contributed by atoms with van der Waals surface area (Å²) in [6, 6.07) is 10.5. The van der Waals surface area contributed by atoms with E-state index in [1.165, 1.54) is 11.3 Å². The number of hydrogen-bond donors (Lipinski definition) is 2. The summed E-state index contributed by atoms with van der Waals surface area (Å²) in [5.41, 5.74) is 0.866. The van der Waals surface area contributed by atoms with Crippen molar-refractivity contribution in [2.45, 2.75) is 18.4 Å². The van der Waals surface area contributed by atoms with Crippen molar-refractivity contribution in [3.8, 4) is 0 Å². The van der Waals surface area contributed by atoms with Crippen LogP contribution >= 0.6 is 22.9 Å². The van der Waals surface area contributed by atoms with Crippen LogP contribution in [0.4, 0.5) is 5.69 Å². The van der Waals surface area contributed by atoms with Gasteiger partial charge in [-0.15, -0.1) is 11.3 Å². The first-order valence-electron chi connectivity index (χ1n) is 6.09. The molecule has 0 amide bonds. The van der Waals surface area contributed by atoms with Crippen LogP contribution in [0.5, 0.6) is 0 Å². The van der Waals surface area contributed by atoms with E-state index in [2.05, 4.69) is 10.0 Å². The molecule has 2 aromatic rings. The van der Waals surface area contributed by atoms with Gasteiger partial charge in [-0.3, -0.25) is 0 Å². The molecule has 0 spiro atoms. The third-order valence-corrected chi connectivity index (χ3v) is 5.39. The molecule has 0 aliphatic heterocycles. The standard InChI is InChI=1S/C13H15ClN2O2S2/c1-2-16-20(17,18)12-6-3-10(4-7-12)15-9-11-5-8-13(14)19-11/h3-8,15-16H,2,9H2,1H3. The summed E-state index contributed by atoms with van der Waals surface area (Å²) < 4.78 is 26.8. The second-order valence-electron chi connectivity index (χ2n) is 4.09. The highest BCUT2D eigenvalue weighted by atomic mass is 35.5. The Morgan fingerprint density at radius 1 is 1.15 bits per heavy atom. The maximum atomic E-state index is 11.8. The molecule has 1 aromatic heterocycles. The average molecular weight is 331 g/mol. The Bertz CT molecular complexity index is 666. The van der Waals surface area contributed by atoms with Crippen molar-refractivity contribution in [3.63, 3.8) is 0 Å². The van der Waals surface area contributed by atoms with Crippen molar-refractivity contribution in [2.75, 3.05) is 11.9 Å². The van der Waals surface area contributed by atoms with Crippen LogP contribution in [0.3, 0.4) is 0 Å². The Morgan fingerprint density at radius 2 is 1.85 bits per heavy atom. The van der Waals surface area contributed by atoms with Crippen LogP contribution in [0.1, 0.15) is 11.8 Å². The third-order valence-electron chi connectivity index (χ3n) is 2.59. The lowest BCUT2D eigenvalue weighted by Crippen LogP contribution is -2.23. The van der Waals surface area contributed by atoms with Crippen LogP contribution < -0.4 is 10.0 Å². The van der Waals surface area contributed by atoms with Gasteiger partial charge in [-0.25, -0.2) is 13.1 Å². The van der Waals surface area contributed by atoms with E-state index in [0.717, 1.165) is 14.9 Å². The fourth-order valence-electron chi connectivity index (χ4n) is 1.66. The molecule has 2 rings (SSSR count). The zero-order valence-electron chi connectivity index (χ0n) is 10.9. The predicted molar refractivity (Wildman–Crippen MR) is 84.0 cm³/mol. The Labute approximate surface area is 127 Å². The quantitative estimate of drug-likeness (QED) is 0.854. The minimum Gasteiger partial charge on any atom is -0.380 e. The van der Waals surface area contributed by atoms with Gasteiger partial charge in [0.05, 0.1) is 9.23 Å². The van der Waals surface area contributed by atoms with Gasteiger partial charge >= 0.3 is 0 Å². The van der Waals surface area contributed by atoms with Crippen LogP contribution in [0.2, 0.25) is 4.34 Å². The largest absolute Gasteiger partial charge is 0.380 e. The van der Waals surface area contributed by atoms with Gasteiger partial charge in [0.25, 0.3) is 0 Å². The van der Waals surface area contributed by atoms with Crippen molar-refractivity contribution in [3.05, 3.63) is 45.6 Å². The highest BCUT2D eigenvalue weighted by molar-refractivity contribution is 7.89. The van der Waals surface area contributed by atoms with Crippen LogP contribution in [0, 0.1) is 0 Å². The number of hydrogen-bond acceptors (Lipinski definition) is 4. The zero-order chi connectivity index (χ0) is 14.6. The molecule has 0 aliphatic carbocycles. The van der Waals surface area contributed by atoms with E-state index in [9.17, 15) is 8.42 Å².